The Labute approximate surface area is 223 Å². The van der Waals surface area contributed by atoms with Crippen LogP contribution in [-0.2, 0) is 44.9 Å². The quantitative estimate of drug-likeness (QED) is 0.252. The van der Waals surface area contributed by atoms with Gasteiger partial charge in [-0.1, -0.05) is 91.9 Å². The van der Waals surface area contributed by atoms with E-state index in [0.717, 1.165) is 33.7 Å². The first-order valence-electron chi connectivity index (χ1n) is 12.7. The van der Waals surface area contributed by atoms with Crippen LogP contribution in [0.25, 0.3) is 0 Å². The highest BCUT2D eigenvalue weighted by atomic mass is 16.6. The van der Waals surface area contributed by atoms with E-state index < -0.39 is 30.1 Å². The highest BCUT2D eigenvalue weighted by molar-refractivity contribution is 5.82. The summed E-state index contributed by atoms with van der Waals surface area (Å²) in [5.41, 5.74) is 6.21. The first-order chi connectivity index (χ1) is 18.4. The molecule has 1 amide bonds. The number of nitrogens with one attached hydrogen (secondary N) is 1. The van der Waals surface area contributed by atoms with Gasteiger partial charge in [0.05, 0.1) is 6.61 Å². The third-order valence-corrected chi connectivity index (χ3v) is 6.01. The van der Waals surface area contributed by atoms with Gasteiger partial charge < -0.3 is 14.6 Å². The molecule has 0 aliphatic rings. The molecule has 3 rings (SSSR count). The van der Waals surface area contributed by atoms with Crippen LogP contribution in [0.2, 0.25) is 0 Å². The first-order valence-corrected chi connectivity index (χ1v) is 12.7. The van der Waals surface area contributed by atoms with Crippen molar-refractivity contribution in [3.05, 3.63) is 107 Å². The number of benzene rings is 3. The van der Waals surface area contributed by atoms with Gasteiger partial charge in [-0.05, 0) is 35.6 Å². The number of aryl methyl sites for hydroxylation is 1. The van der Waals surface area contributed by atoms with Gasteiger partial charge in [-0.3, -0.25) is 4.79 Å². The Kier molecular flexibility index (Phi) is 10.9. The van der Waals surface area contributed by atoms with Crippen LogP contribution >= 0.6 is 0 Å². The maximum Gasteiger partial charge on any atom is 0.425 e. The molecule has 2 atom stereocenters. The molecule has 0 aromatic heterocycles. The van der Waals surface area contributed by atoms with Gasteiger partial charge >= 0.3 is 18.0 Å². The summed E-state index contributed by atoms with van der Waals surface area (Å²) in [5.74, 6) is -1.84. The average Bonchev–Trinajstić information content (AvgIpc) is 2.94. The normalized spacial score (nSPS) is 12.3. The Balaban J connectivity index is 1.90. The number of carbonyl (C=O) groups is 3. The van der Waals surface area contributed by atoms with E-state index in [4.69, 9.17) is 9.47 Å². The molecule has 0 fully saturated rings. The summed E-state index contributed by atoms with van der Waals surface area (Å²) in [5, 5.41) is 11.0. The van der Waals surface area contributed by atoms with Gasteiger partial charge in [-0.15, -0.1) is 0 Å². The minimum atomic E-state index is -1.21. The van der Waals surface area contributed by atoms with Crippen LogP contribution in [0, 0.1) is 0 Å². The van der Waals surface area contributed by atoms with Crippen molar-refractivity contribution in [2.45, 2.75) is 51.8 Å². The van der Waals surface area contributed by atoms with Crippen molar-refractivity contribution in [2.75, 3.05) is 6.61 Å². The molecule has 0 saturated heterocycles. The zero-order valence-corrected chi connectivity index (χ0v) is 21.7. The molecule has 0 bridgehead atoms. The number of nitrogens with zero attached hydrogens (tertiary/aromatic N) is 1. The van der Waals surface area contributed by atoms with E-state index in [-0.39, 0.29) is 26.1 Å². The number of carboxylic acid groups (broad SMARTS) is 1. The summed E-state index contributed by atoms with van der Waals surface area (Å²) < 4.78 is 10.8. The minimum absolute atomic E-state index is 0.0467. The molecule has 0 radical (unpaired) electrons. The Morgan fingerprint density at radius 3 is 1.87 bits per heavy atom. The predicted molar refractivity (Wildman–Crippen MR) is 143 cm³/mol. The van der Waals surface area contributed by atoms with Crippen molar-refractivity contribution in [1.82, 2.24) is 10.4 Å². The summed E-state index contributed by atoms with van der Waals surface area (Å²) in [4.78, 5) is 38.8. The lowest BCUT2D eigenvalue weighted by Crippen LogP contribution is -2.59. The van der Waals surface area contributed by atoms with Crippen molar-refractivity contribution in [2.24, 2.45) is 0 Å². The van der Waals surface area contributed by atoms with E-state index in [1.54, 1.807) is 19.1 Å². The van der Waals surface area contributed by atoms with Gasteiger partial charge in [0, 0.05) is 12.8 Å². The Hall–Kier alpha value is -4.17. The number of carbonyl (C=O) groups excluding carboxylic acids is 2. The molecule has 0 spiro atoms. The van der Waals surface area contributed by atoms with E-state index in [1.165, 1.54) is 0 Å². The van der Waals surface area contributed by atoms with Crippen LogP contribution in [0.15, 0.2) is 84.9 Å². The molecule has 0 heterocycles. The van der Waals surface area contributed by atoms with Crippen LogP contribution in [0.1, 0.15) is 36.1 Å². The summed E-state index contributed by atoms with van der Waals surface area (Å²) in [6, 6.07) is 23.5. The van der Waals surface area contributed by atoms with Gasteiger partial charge in [0.1, 0.15) is 12.6 Å². The number of rotatable bonds is 13. The zero-order valence-electron chi connectivity index (χ0n) is 21.7. The molecule has 0 saturated carbocycles. The fourth-order valence-corrected chi connectivity index (χ4v) is 3.92. The minimum Gasteiger partial charge on any atom is -0.480 e. The molecule has 8 heteroatoms. The van der Waals surface area contributed by atoms with E-state index in [9.17, 15) is 19.5 Å². The number of aliphatic carboxylic acids is 1. The topological polar surface area (TPSA) is 105 Å². The molecule has 0 unspecified atom stereocenters. The van der Waals surface area contributed by atoms with E-state index >= 15 is 0 Å². The number of hydrogen-bond acceptors (Lipinski definition) is 6. The SMILES string of the molecule is CCOC(=O)[C@H](Cc1ccccc1)N(N[C@@H](Cc1ccc(CC)cc1)C(=O)O)C(=O)OCc1ccccc1. The van der Waals surface area contributed by atoms with Crippen LogP contribution in [0.5, 0.6) is 0 Å². The van der Waals surface area contributed by atoms with Crippen molar-refractivity contribution in [3.63, 3.8) is 0 Å². The summed E-state index contributed by atoms with van der Waals surface area (Å²) in [7, 11) is 0. The highest BCUT2D eigenvalue weighted by Crippen LogP contribution is 2.15. The lowest BCUT2D eigenvalue weighted by atomic mass is 10.0. The third-order valence-electron chi connectivity index (χ3n) is 6.01. The lowest BCUT2D eigenvalue weighted by Gasteiger charge is -2.32. The van der Waals surface area contributed by atoms with Gasteiger partial charge in [0.25, 0.3) is 0 Å². The third kappa shape index (κ3) is 8.45. The van der Waals surface area contributed by atoms with Gasteiger partial charge in [0.15, 0.2) is 6.04 Å². The fraction of sp³-hybridized carbons (Fsp3) is 0.300. The van der Waals surface area contributed by atoms with Crippen molar-refractivity contribution < 1.29 is 29.0 Å². The van der Waals surface area contributed by atoms with E-state index in [2.05, 4.69) is 5.43 Å². The second kappa shape index (κ2) is 14.5. The Morgan fingerprint density at radius 1 is 0.763 bits per heavy atom. The largest absolute Gasteiger partial charge is 0.480 e. The van der Waals surface area contributed by atoms with E-state index in [0.29, 0.717) is 0 Å². The summed E-state index contributed by atoms with van der Waals surface area (Å²) in [6.07, 6.45) is 0.172. The molecule has 38 heavy (non-hydrogen) atoms. The molecule has 0 aliphatic carbocycles. The molecular formula is C30H34N2O6. The number of carboxylic acids is 1. The van der Waals surface area contributed by atoms with Crippen LogP contribution in [-0.4, -0.2) is 46.8 Å². The fourth-order valence-electron chi connectivity index (χ4n) is 3.92. The second-order valence-electron chi connectivity index (χ2n) is 8.76. The molecule has 200 valence electrons. The number of ether oxygens (including phenoxy) is 2. The molecule has 3 aromatic rings. The van der Waals surface area contributed by atoms with Crippen molar-refractivity contribution in [3.8, 4) is 0 Å². The predicted octanol–water partition coefficient (Wildman–Crippen LogP) is 4.56. The van der Waals surface area contributed by atoms with Crippen molar-refractivity contribution in [1.29, 1.82) is 0 Å². The van der Waals surface area contributed by atoms with Gasteiger partial charge in [0.2, 0.25) is 0 Å². The Morgan fingerprint density at radius 2 is 1.32 bits per heavy atom. The smallest absolute Gasteiger partial charge is 0.425 e. The van der Waals surface area contributed by atoms with Gasteiger partial charge in [-0.2, -0.15) is 0 Å². The van der Waals surface area contributed by atoms with Gasteiger partial charge in [-0.25, -0.2) is 20.0 Å². The molecule has 3 aromatic carbocycles. The Bertz CT molecular complexity index is 1170. The molecule has 0 aliphatic heterocycles. The maximum atomic E-state index is 13.4. The molecule has 2 N–H and O–H groups in total. The van der Waals surface area contributed by atoms with Crippen LogP contribution in [0.4, 0.5) is 4.79 Å². The summed E-state index contributed by atoms with van der Waals surface area (Å²) >= 11 is 0. The summed E-state index contributed by atoms with van der Waals surface area (Å²) in [6.45, 7) is 3.76. The van der Waals surface area contributed by atoms with Crippen LogP contribution in [0.3, 0.4) is 0 Å². The maximum absolute atomic E-state index is 13.4. The molecule has 8 nitrogen and oxygen atoms in total. The van der Waals surface area contributed by atoms with Crippen molar-refractivity contribution >= 4 is 18.0 Å². The lowest BCUT2D eigenvalue weighted by molar-refractivity contribution is -0.152. The van der Waals surface area contributed by atoms with E-state index in [1.807, 2.05) is 79.7 Å². The average molecular weight is 519 g/mol. The number of hydrogen-bond donors (Lipinski definition) is 2. The zero-order chi connectivity index (χ0) is 27.3. The monoisotopic (exact) mass is 518 g/mol. The number of amides is 1. The van der Waals surface area contributed by atoms with Crippen LogP contribution < -0.4 is 5.43 Å². The molecular weight excluding hydrogens is 484 g/mol. The standard InChI is InChI=1S/C30H34N2O6/c1-3-22-15-17-24(18-16-22)19-26(28(33)34)31-32(30(36)38-21-25-13-9-6-10-14-25)27(29(35)37-4-2)20-23-11-7-5-8-12-23/h5-18,26-27,31H,3-4,19-21H2,1-2H3,(H,33,34)/t26-,27-/m0/s1. The number of esters is 1. The first kappa shape index (κ1) is 28.4. The second-order valence-corrected chi connectivity index (χ2v) is 8.76. The highest BCUT2D eigenvalue weighted by Gasteiger charge is 2.36. The number of hydrazine groups is 1.